The molecule has 0 aliphatic heterocycles. The zero-order chi connectivity index (χ0) is 18.6. The maximum absolute atomic E-state index is 10.9. The summed E-state index contributed by atoms with van der Waals surface area (Å²) in [7, 11) is 1.66. The number of carbonyl (C=O) groups is 1. The van der Waals surface area contributed by atoms with Crippen molar-refractivity contribution >= 4 is 17.1 Å². The van der Waals surface area contributed by atoms with E-state index in [1.165, 1.54) is 0 Å². The highest BCUT2D eigenvalue weighted by atomic mass is 16.5. The lowest BCUT2D eigenvalue weighted by Gasteiger charge is -2.15. The maximum Gasteiger partial charge on any atom is 0.150 e. The summed E-state index contributed by atoms with van der Waals surface area (Å²) in [6.45, 7) is 0. The van der Waals surface area contributed by atoms with Crippen molar-refractivity contribution in [2.24, 2.45) is 0 Å². The van der Waals surface area contributed by atoms with E-state index in [0.29, 0.717) is 11.3 Å². The Morgan fingerprint density at radius 1 is 0.778 bits per heavy atom. The highest BCUT2D eigenvalue weighted by Gasteiger charge is 2.13. The van der Waals surface area contributed by atoms with Crippen LogP contribution in [0.25, 0.3) is 21.9 Å². The normalized spacial score (nSPS) is 10.6. The summed E-state index contributed by atoms with van der Waals surface area (Å²) in [5.41, 5.74) is 2.61. The van der Waals surface area contributed by atoms with Crippen molar-refractivity contribution in [1.29, 1.82) is 0 Å². The third kappa shape index (κ3) is 3.40. The minimum absolute atomic E-state index is 0.619. The molecule has 0 spiro atoms. The number of carbonyl (C=O) groups excluding carboxylic acids is 1. The minimum Gasteiger partial charge on any atom is -0.497 e. The second kappa shape index (κ2) is 7.34. The van der Waals surface area contributed by atoms with Crippen molar-refractivity contribution in [2.45, 2.75) is 0 Å². The summed E-state index contributed by atoms with van der Waals surface area (Å²) in [4.78, 5) is 10.9. The largest absolute Gasteiger partial charge is 0.497 e. The zero-order valence-electron chi connectivity index (χ0n) is 14.9. The molecule has 0 radical (unpaired) electrons. The highest BCUT2D eigenvalue weighted by Crippen LogP contribution is 2.40. The Labute approximate surface area is 157 Å². The molecule has 27 heavy (non-hydrogen) atoms. The standard InChI is InChI=1S/C24H18O3/c1-26-21-7-4-6-19(15-21)23-14-11-18-5-2-3-8-22(18)24(23)27-20-12-9-17(16-25)10-13-20/h2-16H,1H3. The predicted molar refractivity (Wildman–Crippen MR) is 108 cm³/mol. The second-order valence-corrected chi connectivity index (χ2v) is 6.18. The molecule has 0 aromatic heterocycles. The topological polar surface area (TPSA) is 35.5 Å². The Kier molecular flexibility index (Phi) is 4.58. The number of benzene rings is 4. The lowest BCUT2D eigenvalue weighted by Crippen LogP contribution is -1.92. The molecule has 0 atom stereocenters. The van der Waals surface area contributed by atoms with Crippen LogP contribution in [0.4, 0.5) is 0 Å². The number of aldehydes is 1. The van der Waals surface area contributed by atoms with Gasteiger partial charge in [-0.1, -0.05) is 42.5 Å². The average Bonchev–Trinajstić information content (AvgIpc) is 2.74. The Balaban J connectivity index is 1.87. The number of methoxy groups -OCH3 is 1. The highest BCUT2D eigenvalue weighted by molar-refractivity contribution is 5.95. The number of rotatable bonds is 5. The molecule has 0 fully saturated rings. The third-order valence-corrected chi connectivity index (χ3v) is 4.50. The molecule has 0 aliphatic carbocycles. The van der Waals surface area contributed by atoms with Crippen molar-refractivity contribution in [3.63, 3.8) is 0 Å². The lowest BCUT2D eigenvalue weighted by molar-refractivity contribution is 0.112. The number of fused-ring (bicyclic) bond motifs is 1. The fourth-order valence-electron chi connectivity index (χ4n) is 3.10. The predicted octanol–water partition coefficient (Wildman–Crippen LogP) is 6.12. The first kappa shape index (κ1) is 16.9. The van der Waals surface area contributed by atoms with E-state index < -0.39 is 0 Å². The van der Waals surface area contributed by atoms with E-state index in [0.717, 1.165) is 39.7 Å². The third-order valence-electron chi connectivity index (χ3n) is 4.50. The van der Waals surface area contributed by atoms with Gasteiger partial charge in [0.1, 0.15) is 23.5 Å². The molecule has 0 saturated carbocycles. The van der Waals surface area contributed by atoms with E-state index >= 15 is 0 Å². The average molecular weight is 354 g/mol. The summed E-state index contributed by atoms with van der Waals surface area (Å²) in [5, 5.41) is 2.13. The molecule has 3 heteroatoms. The van der Waals surface area contributed by atoms with Crippen LogP contribution in [0.5, 0.6) is 17.2 Å². The van der Waals surface area contributed by atoms with Crippen molar-refractivity contribution in [3.05, 3.63) is 90.5 Å². The lowest BCUT2D eigenvalue weighted by atomic mass is 9.99. The van der Waals surface area contributed by atoms with E-state index in [2.05, 4.69) is 18.2 Å². The maximum atomic E-state index is 10.9. The zero-order valence-corrected chi connectivity index (χ0v) is 14.9. The van der Waals surface area contributed by atoms with Crippen molar-refractivity contribution < 1.29 is 14.3 Å². The quantitative estimate of drug-likeness (QED) is 0.405. The molecule has 4 aromatic carbocycles. The van der Waals surface area contributed by atoms with Gasteiger partial charge in [0, 0.05) is 16.5 Å². The van der Waals surface area contributed by atoms with Crippen LogP contribution in [-0.4, -0.2) is 13.4 Å². The van der Waals surface area contributed by atoms with E-state index in [1.54, 1.807) is 31.4 Å². The first-order valence-corrected chi connectivity index (χ1v) is 8.68. The Morgan fingerprint density at radius 2 is 1.59 bits per heavy atom. The van der Waals surface area contributed by atoms with E-state index in [4.69, 9.17) is 9.47 Å². The molecule has 0 heterocycles. The van der Waals surface area contributed by atoms with Gasteiger partial charge in [-0.05, 0) is 53.4 Å². The fourth-order valence-corrected chi connectivity index (χ4v) is 3.10. The van der Waals surface area contributed by atoms with Gasteiger partial charge in [-0.2, -0.15) is 0 Å². The molecular formula is C24H18O3. The van der Waals surface area contributed by atoms with Gasteiger partial charge in [-0.25, -0.2) is 0 Å². The molecule has 3 nitrogen and oxygen atoms in total. The summed E-state index contributed by atoms with van der Waals surface area (Å²) < 4.78 is 11.7. The van der Waals surface area contributed by atoms with E-state index in [-0.39, 0.29) is 0 Å². The SMILES string of the molecule is COc1cccc(-c2ccc3ccccc3c2Oc2ccc(C=O)cc2)c1. The van der Waals surface area contributed by atoms with Crippen LogP contribution >= 0.6 is 0 Å². The Hall–Kier alpha value is -3.59. The fraction of sp³-hybridized carbons (Fsp3) is 0.0417. The van der Waals surface area contributed by atoms with Crippen molar-refractivity contribution in [2.75, 3.05) is 7.11 Å². The molecule has 0 aliphatic rings. The van der Waals surface area contributed by atoms with Gasteiger partial charge < -0.3 is 9.47 Å². The molecule has 0 N–H and O–H groups in total. The van der Waals surface area contributed by atoms with Crippen LogP contribution < -0.4 is 9.47 Å². The molecule has 4 aromatic rings. The summed E-state index contributed by atoms with van der Waals surface area (Å²) in [5.74, 6) is 2.25. The summed E-state index contributed by atoms with van der Waals surface area (Å²) in [6, 6.07) is 27.3. The first-order valence-electron chi connectivity index (χ1n) is 8.68. The molecule has 0 saturated heterocycles. The molecule has 4 rings (SSSR count). The molecule has 0 bridgehead atoms. The van der Waals surface area contributed by atoms with Gasteiger partial charge in [-0.15, -0.1) is 0 Å². The van der Waals surface area contributed by atoms with Gasteiger partial charge in [0.2, 0.25) is 0 Å². The summed E-state index contributed by atoms with van der Waals surface area (Å²) in [6.07, 6.45) is 0.823. The van der Waals surface area contributed by atoms with Crippen LogP contribution in [-0.2, 0) is 0 Å². The van der Waals surface area contributed by atoms with Crippen molar-refractivity contribution in [3.8, 4) is 28.4 Å². The summed E-state index contributed by atoms with van der Waals surface area (Å²) >= 11 is 0. The van der Waals surface area contributed by atoms with Crippen LogP contribution in [0.2, 0.25) is 0 Å². The second-order valence-electron chi connectivity index (χ2n) is 6.18. The molecule has 0 unspecified atom stereocenters. The molecule has 132 valence electrons. The van der Waals surface area contributed by atoms with Gasteiger partial charge in [0.15, 0.2) is 0 Å². The number of ether oxygens (including phenoxy) is 2. The van der Waals surface area contributed by atoms with E-state index in [9.17, 15) is 4.79 Å². The van der Waals surface area contributed by atoms with Gasteiger partial charge in [0.05, 0.1) is 7.11 Å². The Morgan fingerprint density at radius 3 is 2.37 bits per heavy atom. The smallest absolute Gasteiger partial charge is 0.150 e. The molecular weight excluding hydrogens is 336 g/mol. The van der Waals surface area contributed by atoms with Crippen LogP contribution in [0.3, 0.4) is 0 Å². The first-order chi connectivity index (χ1) is 13.3. The Bertz CT molecular complexity index is 1100. The van der Waals surface area contributed by atoms with Gasteiger partial charge >= 0.3 is 0 Å². The van der Waals surface area contributed by atoms with Crippen LogP contribution in [0.15, 0.2) is 84.9 Å². The number of hydrogen-bond acceptors (Lipinski definition) is 3. The van der Waals surface area contributed by atoms with Gasteiger partial charge in [-0.3, -0.25) is 4.79 Å². The van der Waals surface area contributed by atoms with Crippen LogP contribution in [0, 0.1) is 0 Å². The van der Waals surface area contributed by atoms with Crippen LogP contribution in [0.1, 0.15) is 10.4 Å². The van der Waals surface area contributed by atoms with Gasteiger partial charge in [0.25, 0.3) is 0 Å². The molecule has 0 amide bonds. The van der Waals surface area contributed by atoms with Crippen molar-refractivity contribution in [1.82, 2.24) is 0 Å². The van der Waals surface area contributed by atoms with E-state index in [1.807, 2.05) is 42.5 Å². The number of hydrogen-bond donors (Lipinski definition) is 0. The minimum atomic E-state index is 0.619. The monoisotopic (exact) mass is 354 g/mol.